The van der Waals surface area contributed by atoms with E-state index in [0.29, 0.717) is 11.3 Å². The summed E-state index contributed by atoms with van der Waals surface area (Å²) in [6.45, 7) is 4.00. The summed E-state index contributed by atoms with van der Waals surface area (Å²) in [5, 5.41) is 2.95. The van der Waals surface area contributed by atoms with Crippen LogP contribution in [0.2, 0.25) is 0 Å². The Morgan fingerprint density at radius 1 is 1.08 bits per heavy atom. The molecular weight excluding hydrogens is 320 g/mol. The fourth-order valence-electron chi connectivity index (χ4n) is 2.99. The second kappa shape index (κ2) is 7.18. The molecule has 1 heterocycles. The van der Waals surface area contributed by atoms with Crippen molar-refractivity contribution in [2.24, 2.45) is 0 Å². The molecule has 0 aromatic heterocycles. The van der Waals surface area contributed by atoms with Crippen LogP contribution in [0.15, 0.2) is 47.4 Å². The Morgan fingerprint density at radius 3 is 2.38 bits per heavy atom. The van der Waals surface area contributed by atoms with Gasteiger partial charge in [0.15, 0.2) is 0 Å². The molecule has 3 rings (SSSR count). The zero-order chi connectivity index (χ0) is 17.1. The zero-order valence-corrected chi connectivity index (χ0v) is 14.9. The van der Waals surface area contributed by atoms with Crippen LogP contribution in [-0.2, 0) is 10.8 Å². The van der Waals surface area contributed by atoms with Crippen LogP contribution in [0.25, 0.3) is 0 Å². The van der Waals surface area contributed by atoms with E-state index in [-0.39, 0.29) is 5.91 Å². The molecule has 0 radical (unpaired) electrons. The SMILES string of the molecule is Cc1ccc(N2CCCC2)c(C(=O)Nc2ccc([S@](C)=O)cc2)c1. The predicted molar refractivity (Wildman–Crippen MR) is 99.4 cm³/mol. The van der Waals surface area contributed by atoms with Gasteiger partial charge in [-0.1, -0.05) is 11.6 Å². The van der Waals surface area contributed by atoms with E-state index in [1.54, 1.807) is 30.5 Å². The van der Waals surface area contributed by atoms with Crippen molar-refractivity contribution in [1.29, 1.82) is 0 Å². The van der Waals surface area contributed by atoms with E-state index in [1.807, 2.05) is 19.1 Å². The van der Waals surface area contributed by atoms with Crippen molar-refractivity contribution in [1.82, 2.24) is 0 Å². The molecule has 0 unspecified atom stereocenters. The van der Waals surface area contributed by atoms with Gasteiger partial charge in [-0.3, -0.25) is 9.00 Å². The van der Waals surface area contributed by atoms with E-state index in [1.165, 1.54) is 12.8 Å². The maximum absolute atomic E-state index is 12.8. The van der Waals surface area contributed by atoms with Gasteiger partial charge in [-0.15, -0.1) is 0 Å². The van der Waals surface area contributed by atoms with Crippen LogP contribution in [0.4, 0.5) is 11.4 Å². The van der Waals surface area contributed by atoms with Crippen molar-refractivity contribution in [2.75, 3.05) is 29.6 Å². The first-order valence-electron chi connectivity index (χ1n) is 8.15. The summed E-state index contributed by atoms with van der Waals surface area (Å²) in [6.07, 6.45) is 3.98. The highest BCUT2D eigenvalue weighted by molar-refractivity contribution is 7.84. The van der Waals surface area contributed by atoms with E-state index in [4.69, 9.17) is 0 Å². The lowest BCUT2D eigenvalue weighted by Crippen LogP contribution is -2.23. The summed E-state index contributed by atoms with van der Waals surface area (Å²) in [6, 6.07) is 13.2. The van der Waals surface area contributed by atoms with Gasteiger partial charge < -0.3 is 10.2 Å². The monoisotopic (exact) mass is 342 g/mol. The van der Waals surface area contributed by atoms with Crippen molar-refractivity contribution in [3.63, 3.8) is 0 Å². The Morgan fingerprint density at radius 2 is 1.75 bits per heavy atom. The number of aryl methyl sites for hydroxylation is 1. The molecule has 5 heteroatoms. The molecule has 0 spiro atoms. The number of nitrogens with zero attached hydrogens (tertiary/aromatic N) is 1. The molecule has 0 bridgehead atoms. The Kier molecular flexibility index (Phi) is 5.00. The Bertz CT molecular complexity index is 765. The lowest BCUT2D eigenvalue weighted by Gasteiger charge is -2.21. The minimum absolute atomic E-state index is 0.106. The Balaban J connectivity index is 1.83. The predicted octanol–water partition coefficient (Wildman–Crippen LogP) is 3.58. The zero-order valence-electron chi connectivity index (χ0n) is 14.0. The summed E-state index contributed by atoms with van der Waals surface area (Å²) >= 11 is 0. The van der Waals surface area contributed by atoms with E-state index in [2.05, 4.69) is 16.3 Å². The molecule has 1 fully saturated rings. The minimum Gasteiger partial charge on any atom is -0.371 e. The van der Waals surface area contributed by atoms with Crippen LogP contribution in [0, 0.1) is 6.92 Å². The number of carbonyl (C=O) groups excluding carboxylic acids is 1. The Hall–Kier alpha value is -2.14. The number of anilines is 2. The molecule has 2 aromatic rings. The quantitative estimate of drug-likeness (QED) is 0.924. The van der Waals surface area contributed by atoms with Crippen molar-refractivity contribution in [2.45, 2.75) is 24.7 Å². The van der Waals surface area contributed by atoms with Crippen LogP contribution in [0.5, 0.6) is 0 Å². The van der Waals surface area contributed by atoms with E-state index >= 15 is 0 Å². The average Bonchev–Trinajstić information content (AvgIpc) is 3.09. The van der Waals surface area contributed by atoms with Gasteiger partial charge in [-0.25, -0.2) is 0 Å². The molecule has 0 aliphatic carbocycles. The first-order valence-corrected chi connectivity index (χ1v) is 9.71. The molecule has 4 nitrogen and oxygen atoms in total. The van der Waals surface area contributed by atoms with Crippen LogP contribution in [-0.4, -0.2) is 29.5 Å². The topological polar surface area (TPSA) is 49.4 Å². The number of hydrogen-bond donors (Lipinski definition) is 1. The van der Waals surface area contributed by atoms with Crippen molar-refractivity contribution >= 4 is 28.1 Å². The van der Waals surface area contributed by atoms with Crippen LogP contribution < -0.4 is 10.2 Å². The summed E-state index contributed by atoms with van der Waals surface area (Å²) in [5.41, 5.74) is 3.49. The number of amides is 1. The third kappa shape index (κ3) is 3.67. The molecule has 126 valence electrons. The third-order valence-corrected chi connectivity index (χ3v) is 5.22. The molecule has 1 amide bonds. The number of nitrogens with one attached hydrogen (secondary N) is 1. The van der Waals surface area contributed by atoms with Crippen LogP contribution in [0.3, 0.4) is 0 Å². The summed E-state index contributed by atoms with van der Waals surface area (Å²) in [5.74, 6) is -0.106. The van der Waals surface area contributed by atoms with Gasteiger partial charge in [0, 0.05) is 46.4 Å². The number of carbonyl (C=O) groups is 1. The van der Waals surface area contributed by atoms with Crippen molar-refractivity contribution in [3.8, 4) is 0 Å². The fraction of sp³-hybridized carbons (Fsp3) is 0.316. The first-order chi connectivity index (χ1) is 11.5. The highest BCUT2D eigenvalue weighted by Gasteiger charge is 2.19. The first kappa shape index (κ1) is 16.7. The molecule has 1 aliphatic rings. The van der Waals surface area contributed by atoms with Gasteiger partial charge >= 0.3 is 0 Å². The molecule has 1 atom stereocenters. The van der Waals surface area contributed by atoms with Gasteiger partial charge in [-0.05, 0) is 56.2 Å². The van der Waals surface area contributed by atoms with Gasteiger partial charge in [0.1, 0.15) is 0 Å². The maximum atomic E-state index is 12.8. The van der Waals surface area contributed by atoms with Gasteiger partial charge in [0.2, 0.25) is 0 Å². The van der Waals surface area contributed by atoms with Gasteiger partial charge in [0.25, 0.3) is 5.91 Å². The van der Waals surface area contributed by atoms with Crippen molar-refractivity contribution < 1.29 is 9.00 Å². The van der Waals surface area contributed by atoms with Crippen LogP contribution >= 0.6 is 0 Å². The maximum Gasteiger partial charge on any atom is 0.257 e. The van der Waals surface area contributed by atoms with E-state index in [0.717, 1.165) is 29.2 Å². The molecule has 1 aliphatic heterocycles. The van der Waals surface area contributed by atoms with E-state index in [9.17, 15) is 9.00 Å². The summed E-state index contributed by atoms with van der Waals surface area (Å²) in [7, 11) is -1.01. The second-order valence-electron chi connectivity index (χ2n) is 6.15. The van der Waals surface area contributed by atoms with Gasteiger partial charge in [-0.2, -0.15) is 0 Å². The molecule has 1 saturated heterocycles. The minimum atomic E-state index is -1.01. The lowest BCUT2D eigenvalue weighted by molar-refractivity contribution is 0.102. The molecule has 0 saturated carbocycles. The number of rotatable bonds is 4. The third-order valence-electron chi connectivity index (χ3n) is 4.29. The standard InChI is InChI=1S/C19H22N2O2S/c1-14-5-10-18(21-11-3-4-12-21)17(13-14)19(22)20-15-6-8-16(9-7-15)24(2)23/h5-10,13H,3-4,11-12H2,1-2H3,(H,20,22)/t24-/m0/s1. The smallest absolute Gasteiger partial charge is 0.257 e. The largest absolute Gasteiger partial charge is 0.371 e. The van der Waals surface area contributed by atoms with Crippen molar-refractivity contribution in [3.05, 3.63) is 53.6 Å². The highest BCUT2D eigenvalue weighted by Crippen LogP contribution is 2.26. The molecule has 1 N–H and O–H groups in total. The lowest BCUT2D eigenvalue weighted by atomic mass is 10.1. The molecule has 24 heavy (non-hydrogen) atoms. The number of hydrogen-bond acceptors (Lipinski definition) is 3. The second-order valence-corrected chi connectivity index (χ2v) is 7.53. The summed E-state index contributed by atoms with van der Waals surface area (Å²) < 4.78 is 11.4. The highest BCUT2D eigenvalue weighted by atomic mass is 32.2. The fourth-order valence-corrected chi connectivity index (χ4v) is 3.51. The number of benzene rings is 2. The molecule has 2 aromatic carbocycles. The van der Waals surface area contributed by atoms with Gasteiger partial charge in [0.05, 0.1) is 5.56 Å². The van der Waals surface area contributed by atoms with Crippen LogP contribution in [0.1, 0.15) is 28.8 Å². The summed E-state index contributed by atoms with van der Waals surface area (Å²) in [4.78, 5) is 15.8. The normalized spacial score (nSPS) is 15.3. The average molecular weight is 342 g/mol. The molecular formula is C19H22N2O2S. The Labute approximate surface area is 145 Å². The van der Waals surface area contributed by atoms with E-state index < -0.39 is 10.8 Å².